The van der Waals surface area contributed by atoms with E-state index < -0.39 is 0 Å². The molecule has 2 aliphatic rings. The molecule has 14 heavy (non-hydrogen) atoms. The zero-order valence-electron chi connectivity index (χ0n) is 9.04. The molecule has 2 rings (SSSR count). The van der Waals surface area contributed by atoms with E-state index in [0.717, 1.165) is 26.1 Å². The number of carbonyl (C=O) groups is 1. The lowest BCUT2D eigenvalue weighted by Crippen LogP contribution is -2.43. The molecule has 1 aliphatic heterocycles. The predicted molar refractivity (Wildman–Crippen MR) is 56.2 cm³/mol. The zero-order valence-corrected chi connectivity index (χ0v) is 9.04. The third kappa shape index (κ3) is 2.02. The van der Waals surface area contributed by atoms with Crippen molar-refractivity contribution in [2.24, 2.45) is 0 Å². The number of urea groups is 1. The second kappa shape index (κ2) is 4.20. The van der Waals surface area contributed by atoms with Crippen molar-refractivity contribution in [1.82, 2.24) is 9.80 Å². The van der Waals surface area contributed by atoms with Crippen LogP contribution in [-0.4, -0.2) is 41.5 Å². The van der Waals surface area contributed by atoms with Gasteiger partial charge in [-0.15, -0.1) is 0 Å². The summed E-state index contributed by atoms with van der Waals surface area (Å²) >= 11 is 0. The van der Waals surface area contributed by atoms with E-state index in [-0.39, 0.29) is 0 Å². The van der Waals surface area contributed by atoms with Crippen LogP contribution in [0.15, 0.2) is 0 Å². The fraction of sp³-hybridized carbons (Fsp3) is 0.909. The summed E-state index contributed by atoms with van der Waals surface area (Å²) in [5.74, 6) is 0. The van der Waals surface area contributed by atoms with Crippen LogP contribution < -0.4 is 0 Å². The van der Waals surface area contributed by atoms with Crippen LogP contribution in [0.2, 0.25) is 0 Å². The molecule has 0 atom stereocenters. The predicted octanol–water partition coefficient (Wildman–Crippen LogP) is 2.08. The normalized spacial score (nSPS) is 21.4. The molecule has 0 bridgehead atoms. The standard InChI is InChI=1S/C11H20N2O/c1-2-7-13(10-5-6-10)11(14)12-8-3-4-9-12/h10H,2-9H2,1H3. The smallest absolute Gasteiger partial charge is 0.320 e. The van der Waals surface area contributed by atoms with Crippen LogP contribution in [0.1, 0.15) is 39.0 Å². The highest BCUT2D eigenvalue weighted by molar-refractivity contribution is 5.75. The van der Waals surface area contributed by atoms with Gasteiger partial charge in [0.1, 0.15) is 0 Å². The van der Waals surface area contributed by atoms with Gasteiger partial charge in [-0.3, -0.25) is 0 Å². The monoisotopic (exact) mass is 196 g/mol. The van der Waals surface area contributed by atoms with Gasteiger partial charge in [-0.25, -0.2) is 4.79 Å². The molecule has 1 heterocycles. The van der Waals surface area contributed by atoms with Crippen LogP contribution in [0, 0.1) is 0 Å². The number of hydrogen-bond acceptors (Lipinski definition) is 1. The van der Waals surface area contributed by atoms with Crippen molar-refractivity contribution in [2.45, 2.75) is 45.1 Å². The first-order chi connectivity index (χ1) is 6.83. The van der Waals surface area contributed by atoms with E-state index in [1.807, 2.05) is 4.90 Å². The molecule has 80 valence electrons. The van der Waals surface area contributed by atoms with Gasteiger partial charge in [0.2, 0.25) is 0 Å². The number of hydrogen-bond donors (Lipinski definition) is 0. The second-order valence-electron chi connectivity index (χ2n) is 4.40. The van der Waals surface area contributed by atoms with Crippen LogP contribution in [-0.2, 0) is 0 Å². The minimum Gasteiger partial charge on any atom is -0.325 e. The minimum absolute atomic E-state index is 0.298. The summed E-state index contributed by atoms with van der Waals surface area (Å²) in [6.45, 7) is 5.05. The highest BCUT2D eigenvalue weighted by Crippen LogP contribution is 2.28. The van der Waals surface area contributed by atoms with E-state index in [1.165, 1.54) is 25.7 Å². The van der Waals surface area contributed by atoms with E-state index in [4.69, 9.17) is 0 Å². The van der Waals surface area contributed by atoms with Crippen molar-refractivity contribution < 1.29 is 4.79 Å². The molecule has 0 radical (unpaired) electrons. The van der Waals surface area contributed by atoms with Gasteiger partial charge in [-0.2, -0.15) is 0 Å². The van der Waals surface area contributed by atoms with Crippen molar-refractivity contribution in [3.63, 3.8) is 0 Å². The Morgan fingerprint density at radius 2 is 2.00 bits per heavy atom. The molecule has 0 aromatic heterocycles. The lowest BCUT2D eigenvalue weighted by molar-refractivity contribution is 0.159. The number of rotatable bonds is 3. The van der Waals surface area contributed by atoms with Gasteiger partial charge < -0.3 is 9.80 Å². The molecule has 2 amide bonds. The summed E-state index contributed by atoms with van der Waals surface area (Å²) in [6.07, 6.45) is 5.90. The Bertz CT molecular complexity index is 207. The molecule has 2 fully saturated rings. The van der Waals surface area contributed by atoms with Crippen LogP contribution in [0.25, 0.3) is 0 Å². The maximum absolute atomic E-state index is 12.1. The lowest BCUT2D eigenvalue weighted by Gasteiger charge is -2.27. The number of nitrogens with zero attached hydrogens (tertiary/aromatic N) is 2. The summed E-state index contributed by atoms with van der Waals surface area (Å²) in [7, 11) is 0. The Morgan fingerprint density at radius 3 is 2.50 bits per heavy atom. The van der Waals surface area contributed by atoms with Gasteiger partial charge in [-0.1, -0.05) is 6.92 Å². The number of likely N-dealkylation sites (tertiary alicyclic amines) is 1. The van der Waals surface area contributed by atoms with Crippen LogP contribution in [0.4, 0.5) is 4.79 Å². The fourth-order valence-electron chi connectivity index (χ4n) is 2.15. The van der Waals surface area contributed by atoms with Gasteiger partial charge in [0, 0.05) is 25.7 Å². The summed E-state index contributed by atoms with van der Waals surface area (Å²) < 4.78 is 0. The first kappa shape index (κ1) is 9.81. The molecule has 1 aliphatic carbocycles. The molecule has 0 aromatic carbocycles. The van der Waals surface area contributed by atoms with Gasteiger partial charge in [0.05, 0.1) is 0 Å². The second-order valence-corrected chi connectivity index (χ2v) is 4.40. The molecular formula is C11H20N2O. The maximum Gasteiger partial charge on any atom is 0.320 e. The van der Waals surface area contributed by atoms with Crippen molar-refractivity contribution in [3.05, 3.63) is 0 Å². The Kier molecular flexibility index (Phi) is 2.94. The number of carbonyl (C=O) groups excluding carboxylic acids is 1. The largest absolute Gasteiger partial charge is 0.325 e. The molecule has 1 saturated heterocycles. The Balaban J connectivity index is 1.91. The Hall–Kier alpha value is -0.730. The third-order valence-corrected chi connectivity index (χ3v) is 3.07. The van der Waals surface area contributed by atoms with Crippen molar-refractivity contribution in [1.29, 1.82) is 0 Å². The first-order valence-electron chi connectivity index (χ1n) is 5.88. The van der Waals surface area contributed by atoms with E-state index in [0.29, 0.717) is 12.1 Å². The van der Waals surface area contributed by atoms with E-state index in [1.54, 1.807) is 0 Å². The SMILES string of the molecule is CCCN(C(=O)N1CCCC1)C1CC1. The van der Waals surface area contributed by atoms with Crippen LogP contribution in [0.5, 0.6) is 0 Å². The molecule has 0 N–H and O–H groups in total. The molecule has 0 aromatic rings. The summed E-state index contributed by atoms with van der Waals surface area (Å²) in [5, 5.41) is 0. The van der Waals surface area contributed by atoms with E-state index >= 15 is 0 Å². The van der Waals surface area contributed by atoms with Crippen molar-refractivity contribution in [2.75, 3.05) is 19.6 Å². The minimum atomic E-state index is 0.298. The summed E-state index contributed by atoms with van der Waals surface area (Å²) in [5.41, 5.74) is 0. The van der Waals surface area contributed by atoms with Gasteiger partial charge in [0.15, 0.2) is 0 Å². The molecule has 0 spiro atoms. The number of amides is 2. The van der Waals surface area contributed by atoms with Crippen LogP contribution in [0.3, 0.4) is 0 Å². The quantitative estimate of drug-likeness (QED) is 0.678. The average Bonchev–Trinajstić information content (AvgIpc) is 2.88. The summed E-state index contributed by atoms with van der Waals surface area (Å²) in [4.78, 5) is 16.2. The van der Waals surface area contributed by atoms with E-state index in [9.17, 15) is 4.79 Å². The fourth-order valence-corrected chi connectivity index (χ4v) is 2.15. The maximum atomic E-state index is 12.1. The van der Waals surface area contributed by atoms with E-state index in [2.05, 4.69) is 11.8 Å². The lowest BCUT2D eigenvalue weighted by atomic mass is 10.4. The third-order valence-electron chi connectivity index (χ3n) is 3.07. The highest BCUT2D eigenvalue weighted by Gasteiger charge is 2.34. The Morgan fingerprint density at radius 1 is 1.36 bits per heavy atom. The molecule has 3 nitrogen and oxygen atoms in total. The molecular weight excluding hydrogens is 176 g/mol. The van der Waals surface area contributed by atoms with Crippen molar-refractivity contribution >= 4 is 6.03 Å². The van der Waals surface area contributed by atoms with Crippen LogP contribution >= 0.6 is 0 Å². The van der Waals surface area contributed by atoms with Gasteiger partial charge in [0.25, 0.3) is 0 Å². The molecule has 3 heteroatoms. The van der Waals surface area contributed by atoms with Gasteiger partial charge >= 0.3 is 6.03 Å². The molecule has 1 saturated carbocycles. The highest BCUT2D eigenvalue weighted by atomic mass is 16.2. The molecule has 0 unspecified atom stereocenters. The van der Waals surface area contributed by atoms with Gasteiger partial charge in [-0.05, 0) is 32.1 Å². The summed E-state index contributed by atoms with van der Waals surface area (Å²) in [6, 6.07) is 0.870. The first-order valence-corrected chi connectivity index (χ1v) is 5.88. The zero-order chi connectivity index (χ0) is 9.97. The Labute approximate surface area is 86.1 Å². The average molecular weight is 196 g/mol. The topological polar surface area (TPSA) is 23.6 Å². The van der Waals surface area contributed by atoms with Crippen molar-refractivity contribution in [3.8, 4) is 0 Å².